The first kappa shape index (κ1) is 22.9. The molecule has 3 atom stereocenters. The molecule has 2 bridgehead atoms. The molecule has 0 aromatic heterocycles. The Morgan fingerprint density at radius 1 is 1.09 bits per heavy atom. The molecule has 1 N–H and O–H groups in total. The first-order chi connectivity index (χ1) is 15.3. The van der Waals surface area contributed by atoms with Crippen molar-refractivity contribution in [3.05, 3.63) is 23.8 Å². The molecule has 3 aliphatic rings. The lowest BCUT2D eigenvalue weighted by Crippen LogP contribution is -2.46. The smallest absolute Gasteiger partial charge is 0.260 e. The number of ether oxygens (including phenoxy) is 2. The van der Waals surface area contributed by atoms with E-state index in [0.717, 1.165) is 38.8 Å². The number of likely N-dealkylation sites (tertiary alicyclic amines) is 1. The van der Waals surface area contributed by atoms with Gasteiger partial charge in [-0.25, -0.2) is 0 Å². The van der Waals surface area contributed by atoms with E-state index in [1.165, 1.54) is 12.8 Å². The van der Waals surface area contributed by atoms with Gasteiger partial charge in [0.1, 0.15) is 0 Å². The Kier molecular flexibility index (Phi) is 6.42. The first-order valence-corrected chi connectivity index (χ1v) is 12.2. The quantitative estimate of drug-likeness (QED) is 0.679. The number of nitrogens with one attached hydrogen (secondary N) is 1. The number of amides is 2. The SMILES string of the molecule is CCOc1cc(C(=O)NC2CC3CCC2(C)C3(C)C)ccc1OCC(=O)N1CCCCC1. The molecule has 3 fully saturated rings. The van der Waals surface area contributed by atoms with Crippen molar-refractivity contribution in [2.75, 3.05) is 26.3 Å². The van der Waals surface area contributed by atoms with Crippen LogP contribution < -0.4 is 14.8 Å². The van der Waals surface area contributed by atoms with E-state index < -0.39 is 0 Å². The lowest BCUT2D eigenvalue weighted by molar-refractivity contribution is -0.134. The van der Waals surface area contributed by atoms with Crippen LogP contribution in [0, 0.1) is 16.7 Å². The van der Waals surface area contributed by atoms with Gasteiger partial charge in [-0.2, -0.15) is 0 Å². The highest BCUT2D eigenvalue weighted by Crippen LogP contribution is 2.65. The molecule has 0 radical (unpaired) electrons. The number of hydrogen-bond donors (Lipinski definition) is 1. The fourth-order valence-electron chi connectivity index (χ4n) is 6.07. The summed E-state index contributed by atoms with van der Waals surface area (Å²) in [5.74, 6) is 1.61. The number of carbonyl (C=O) groups is 2. The third-order valence-corrected chi connectivity index (χ3v) is 8.67. The Hall–Kier alpha value is -2.24. The highest BCUT2D eigenvalue weighted by molar-refractivity contribution is 5.95. The molecule has 2 aliphatic carbocycles. The van der Waals surface area contributed by atoms with Gasteiger partial charge in [-0.3, -0.25) is 9.59 Å². The first-order valence-electron chi connectivity index (χ1n) is 12.2. The molecule has 2 amide bonds. The third-order valence-electron chi connectivity index (χ3n) is 8.67. The number of rotatable bonds is 7. The molecule has 1 heterocycles. The van der Waals surface area contributed by atoms with Gasteiger partial charge < -0.3 is 19.7 Å². The van der Waals surface area contributed by atoms with Crippen LogP contribution in [0.4, 0.5) is 0 Å². The van der Waals surface area contributed by atoms with Crippen LogP contribution in [0.1, 0.15) is 76.6 Å². The van der Waals surface area contributed by atoms with Crippen molar-refractivity contribution >= 4 is 11.8 Å². The van der Waals surface area contributed by atoms with Gasteiger partial charge in [0, 0.05) is 24.7 Å². The summed E-state index contributed by atoms with van der Waals surface area (Å²) in [6.07, 6.45) is 6.76. The van der Waals surface area contributed by atoms with E-state index >= 15 is 0 Å². The molecule has 32 heavy (non-hydrogen) atoms. The molecule has 6 nitrogen and oxygen atoms in total. The van der Waals surface area contributed by atoms with Gasteiger partial charge >= 0.3 is 0 Å². The van der Waals surface area contributed by atoms with Gasteiger partial charge in [-0.1, -0.05) is 20.8 Å². The summed E-state index contributed by atoms with van der Waals surface area (Å²) in [7, 11) is 0. The van der Waals surface area contributed by atoms with Crippen molar-refractivity contribution in [2.45, 2.75) is 72.3 Å². The highest BCUT2D eigenvalue weighted by atomic mass is 16.5. The maximum atomic E-state index is 13.1. The number of carbonyl (C=O) groups excluding carboxylic acids is 2. The lowest BCUT2D eigenvalue weighted by Gasteiger charge is -2.39. The Labute approximate surface area is 192 Å². The second-order valence-electron chi connectivity index (χ2n) is 10.5. The van der Waals surface area contributed by atoms with Crippen molar-refractivity contribution in [3.8, 4) is 11.5 Å². The topological polar surface area (TPSA) is 67.9 Å². The second-order valence-corrected chi connectivity index (χ2v) is 10.5. The number of hydrogen-bond acceptors (Lipinski definition) is 4. The van der Waals surface area contributed by atoms with Crippen LogP contribution in [0.5, 0.6) is 11.5 Å². The minimum absolute atomic E-state index is 0.00103. The van der Waals surface area contributed by atoms with E-state index in [2.05, 4.69) is 26.1 Å². The summed E-state index contributed by atoms with van der Waals surface area (Å²) in [5.41, 5.74) is 0.945. The van der Waals surface area contributed by atoms with Crippen LogP contribution in [0.3, 0.4) is 0 Å². The fourth-order valence-corrected chi connectivity index (χ4v) is 6.07. The number of nitrogens with zero attached hydrogens (tertiary/aromatic N) is 1. The monoisotopic (exact) mass is 442 g/mol. The molecule has 176 valence electrons. The Balaban J connectivity index is 1.42. The Morgan fingerprint density at radius 3 is 2.47 bits per heavy atom. The summed E-state index contributed by atoms with van der Waals surface area (Å²) in [5, 5.41) is 3.31. The van der Waals surface area contributed by atoms with Crippen LogP contribution in [0.15, 0.2) is 18.2 Å². The van der Waals surface area contributed by atoms with Crippen molar-refractivity contribution in [1.29, 1.82) is 0 Å². The minimum atomic E-state index is -0.0727. The van der Waals surface area contributed by atoms with Gasteiger partial charge in [0.2, 0.25) is 0 Å². The summed E-state index contributed by atoms with van der Waals surface area (Å²) < 4.78 is 11.6. The van der Waals surface area contributed by atoms with E-state index in [9.17, 15) is 9.59 Å². The summed E-state index contributed by atoms with van der Waals surface area (Å²) >= 11 is 0. The normalized spacial score (nSPS) is 28.4. The van der Waals surface area contributed by atoms with E-state index in [1.807, 2.05) is 11.8 Å². The highest BCUT2D eigenvalue weighted by Gasteiger charge is 2.61. The molecule has 3 unspecified atom stereocenters. The second kappa shape index (κ2) is 8.95. The van der Waals surface area contributed by atoms with E-state index in [0.29, 0.717) is 29.6 Å². The van der Waals surface area contributed by atoms with Crippen molar-refractivity contribution in [1.82, 2.24) is 10.2 Å². The van der Waals surface area contributed by atoms with E-state index in [1.54, 1.807) is 18.2 Å². The molecular formula is C26H38N2O4. The predicted octanol–water partition coefficient (Wildman–Crippen LogP) is 4.42. The number of fused-ring (bicyclic) bond motifs is 2. The van der Waals surface area contributed by atoms with Gasteiger partial charge in [-0.15, -0.1) is 0 Å². The molecule has 6 heteroatoms. The Morgan fingerprint density at radius 2 is 1.84 bits per heavy atom. The van der Waals surface area contributed by atoms with Crippen LogP contribution >= 0.6 is 0 Å². The van der Waals surface area contributed by atoms with Gasteiger partial charge in [0.25, 0.3) is 11.8 Å². The molecule has 1 aromatic rings. The zero-order chi connectivity index (χ0) is 22.9. The molecule has 1 saturated heterocycles. The predicted molar refractivity (Wildman–Crippen MR) is 124 cm³/mol. The summed E-state index contributed by atoms with van der Waals surface area (Å²) in [4.78, 5) is 27.4. The largest absolute Gasteiger partial charge is 0.490 e. The summed E-state index contributed by atoms with van der Waals surface area (Å²) in [6.45, 7) is 11.0. The van der Waals surface area contributed by atoms with Crippen LogP contribution in [-0.4, -0.2) is 49.1 Å². The van der Waals surface area contributed by atoms with Crippen LogP contribution in [0.25, 0.3) is 0 Å². The summed E-state index contributed by atoms with van der Waals surface area (Å²) in [6, 6.07) is 5.44. The van der Waals surface area contributed by atoms with Gasteiger partial charge in [0.05, 0.1) is 6.61 Å². The third kappa shape index (κ3) is 4.08. The Bertz CT molecular complexity index is 861. The van der Waals surface area contributed by atoms with Gasteiger partial charge in [0.15, 0.2) is 18.1 Å². The minimum Gasteiger partial charge on any atom is -0.490 e. The number of benzene rings is 1. The molecule has 1 aromatic carbocycles. The average Bonchev–Trinajstić information content (AvgIpc) is 3.12. The average molecular weight is 443 g/mol. The van der Waals surface area contributed by atoms with Crippen molar-refractivity contribution in [2.24, 2.45) is 16.7 Å². The molecule has 1 aliphatic heterocycles. The van der Waals surface area contributed by atoms with Gasteiger partial charge in [-0.05, 0) is 80.4 Å². The lowest BCUT2D eigenvalue weighted by atomic mass is 9.69. The maximum absolute atomic E-state index is 13.1. The van der Waals surface area contributed by atoms with Crippen molar-refractivity contribution < 1.29 is 19.1 Å². The molecule has 2 saturated carbocycles. The van der Waals surface area contributed by atoms with Crippen LogP contribution in [0.2, 0.25) is 0 Å². The zero-order valence-corrected chi connectivity index (χ0v) is 20.0. The van der Waals surface area contributed by atoms with E-state index in [4.69, 9.17) is 9.47 Å². The van der Waals surface area contributed by atoms with E-state index in [-0.39, 0.29) is 35.3 Å². The molecule has 4 rings (SSSR count). The fraction of sp³-hybridized carbons (Fsp3) is 0.692. The van der Waals surface area contributed by atoms with Crippen molar-refractivity contribution in [3.63, 3.8) is 0 Å². The number of piperidine rings is 1. The molecular weight excluding hydrogens is 404 g/mol. The van der Waals surface area contributed by atoms with Crippen LogP contribution in [-0.2, 0) is 4.79 Å². The maximum Gasteiger partial charge on any atom is 0.260 e. The standard InChI is InChI=1S/C26H38N2O4/c1-5-31-21-15-18(9-10-20(21)32-17-23(29)28-13-7-6-8-14-28)24(30)27-22-16-19-11-12-26(22,4)25(19,2)3/h9-10,15,19,22H,5-8,11-14,16-17H2,1-4H3,(H,27,30). The molecule has 0 spiro atoms. The zero-order valence-electron chi connectivity index (χ0n) is 20.0.